The zero-order valence-corrected chi connectivity index (χ0v) is 9.97. The van der Waals surface area contributed by atoms with Gasteiger partial charge in [0.25, 0.3) is 0 Å². The van der Waals surface area contributed by atoms with Crippen LogP contribution in [0.1, 0.15) is 34.0 Å². The van der Waals surface area contributed by atoms with Crippen molar-refractivity contribution in [3.63, 3.8) is 0 Å². The quantitative estimate of drug-likeness (QED) is 0.600. The third-order valence-electron chi connectivity index (χ3n) is 2.26. The lowest BCUT2D eigenvalue weighted by molar-refractivity contribution is 0.0525. The van der Waals surface area contributed by atoms with Crippen LogP contribution in [0.2, 0.25) is 0 Å². The second-order valence-electron chi connectivity index (χ2n) is 3.25. The van der Waals surface area contributed by atoms with Gasteiger partial charge in [0.15, 0.2) is 0 Å². The molecule has 0 aliphatic rings. The second kappa shape index (κ2) is 5.53. The number of benzene rings is 1. The number of aryl methyl sites for hydroxylation is 1. The molecule has 0 bridgehead atoms. The molecule has 0 unspecified atom stereocenters. The monoisotopic (exact) mass is 237 g/mol. The number of nitrogens with zero attached hydrogens (tertiary/aromatic N) is 1. The minimum absolute atomic E-state index is 0.124. The van der Waals surface area contributed by atoms with Gasteiger partial charge < -0.3 is 4.74 Å². The number of alkyl halides is 1. The SMILES string of the molecule is CCOC(=O)c1ccc(C)c(C#N)c1CCl. The Hall–Kier alpha value is -1.53. The van der Waals surface area contributed by atoms with E-state index in [0.29, 0.717) is 23.3 Å². The zero-order valence-electron chi connectivity index (χ0n) is 9.21. The molecule has 0 aliphatic carbocycles. The molecule has 3 nitrogen and oxygen atoms in total. The van der Waals surface area contributed by atoms with Crippen molar-refractivity contribution in [3.8, 4) is 6.07 Å². The van der Waals surface area contributed by atoms with Crippen molar-refractivity contribution in [3.05, 3.63) is 34.4 Å². The molecule has 0 radical (unpaired) electrons. The lowest BCUT2D eigenvalue weighted by Gasteiger charge is -2.09. The van der Waals surface area contributed by atoms with Crippen LogP contribution in [-0.4, -0.2) is 12.6 Å². The molecule has 0 atom stereocenters. The summed E-state index contributed by atoms with van der Waals surface area (Å²) < 4.78 is 4.90. The fourth-order valence-corrected chi connectivity index (χ4v) is 1.74. The standard InChI is InChI=1S/C12H12ClNO2/c1-3-16-12(15)9-5-4-8(2)11(7-14)10(9)6-13/h4-5H,3,6H2,1-2H3. The molecule has 1 aromatic rings. The molecule has 4 heteroatoms. The highest BCUT2D eigenvalue weighted by molar-refractivity contribution is 6.18. The minimum Gasteiger partial charge on any atom is -0.462 e. The Bertz CT molecular complexity index is 449. The first kappa shape index (κ1) is 12.5. The topological polar surface area (TPSA) is 50.1 Å². The first-order chi connectivity index (χ1) is 7.65. The maximum absolute atomic E-state index is 11.6. The van der Waals surface area contributed by atoms with Crippen LogP contribution in [0.15, 0.2) is 12.1 Å². The fourth-order valence-electron chi connectivity index (χ4n) is 1.46. The molecule has 0 saturated heterocycles. The summed E-state index contributed by atoms with van der Waals surface area (Å²) in [5.74, 6) is -0.312. The highest BCUT2D eigenvalue weighted by atomic mass is 35.5. The Morgan fingerprint density at radius 2 is 2.25 bits per heavy atom. The number of ether oxygens (including phenoxy) is 1. The lowest BCUT2D eigenvalue weighted by Crippen LogP contribution is -2.09. The summed E-state index contributed by atoms with van der Waals surface area (Å²) >= 11 is 5.77. The van der Waals surface area contributed by atoms with E-state index in [1.54, 1.807) is 19.1 Å². The van der Waals surface area contributed by atoms with Gasteiger partial charge in [-0.05, 0) is 31.0 Å². The van der Waals surface area contributed by atoms with E-state index in [9.17, 15) is 4.79 Å². The van der Waals surface area contributed by atoms with Crippen LogP contribution in [-0.2, 0) is 10.6 Å². The van der Waals surface area contributed by atoms with Crippen molar-refractivity contribution in [2.45, 2.75) is 19.7 Å². The number of rotatable bonds is 3. The fraction of sp³-hybridized carbons (Fsp3) is 0.333. The van der Waals surface area contributed by atoms with Crippen molar-refractivity contribution in [1.29, 1.82) is 5.26 Å². The van der Waals surface area contributed by atoms with Crippen molar-refractivity contribution in [2.24, 2.45) is 0 Å². The van der Waals surface area contributed by atoms with E-state index < -0.39 is 5.97 Å². The largest absolute Gasteiger partial charge is 0.462 e. The zero-order chi connectivity index (χ0) is 12.1. The molecule has 0 spiro atoms. The van der Waals surface area contributed by atoms with E-state index in [4.69, 9.17) is 21.6 Å². The first-order valence-corrected chi connectivity index (χ1v) is 5.44. The second-order valence-corrected chi connectivity index (χ2v) is 3.52. The summed E-state index contributed by atoms with van der Waals surface area (Å²) in [6, 6.07) is 5.43. The van der Waals surface area contributed by atoms with Crippen molar-refractivity contribution < 1.29 is 9.53 Å². The maximum Gasteiger partial charge on any atom is 0.338 e. The highest BCUT2D eigenvalue weighted by Crippen LogP contribution is 2.21. The first-order valence-electron chi connectivity index (χ1n) is 4.91. The molecule has 16 heavy (non-hydrogen) atoms. The Labute approximate surface area is 99.6 Å². The van der Waals surface area contributed by atoms with Crippen LogP contribution in [0.5, 0.6) is 0 Å². The van der Waals surface area contributed by atoms with Gasteiger partial charge in [-0.15, -0.1) is 11.6 Å². The van der Waals surface area contributed by atoms with E-state index >= 15 is 0 Å². The van der Waals surface area contributed by atoms with Gasteiger partial charge in [-0.3, -0.25) is 0 Å². The Morgan fingerprint density at radius 1 is 1.56 bits per heavy atom. The molecular weight excluding hydrogens is 226 g/mol. The van der Waals surface area contributed by atoms with E-state index in [1.165, 1.54) is 0 Å². The predicted octanol–water partition coefficient (Wildman–Crippen LogP) is 2.78. The van der Waals surface area contributed by atoms with Crippen LogP contribution >= 0.6 is 11.6 Å². The molecule has 0 N–H and O–H groups in total. The van der Waals surface area contributed by atoms with Crippen LogP contribution < -0.4 is 0 Å². The number of carbonyl (C=O) groups excluding carboxylic acids is 1. The summed E-state index contributed by atoms with van der Waals surface area (Å²) in [7, 11) is 0. The van der Waals surface area contributed by atoms with Gasteiger partial charge in [0, 0.05) is 5.88 Å². The molecule has 0 amide bonds. The van der Waals surface area contributed by atoms with Crippen molar-refractivity contribution in [1.82, 2.24) is 0 Å². The number of hydrogen-bond donors (Lipinski definition) is 0. The normalized spacial score (nSPS) is 9.62. The summed E-state index contributed by atoms with van der Waals surface area (Å²) in [6.07, 6.45) is 0. The molecule has 0 heterocycles. The van der Waals surface area contributed by atoms with Crippen LogP contribution in [0.4, 0.5) is 0 Å². The Kier molecular flexibility index (Phi) is 4.33. The highest BCUT2D eigenvalue weighted by Gasteiger charge is 2.16. The summed E-state index contributed by atoms with van der Waals surface area (Å²) in [4.78, 5) is 11.6. The lowest BCUT2D eigenvalue weighted by atomic mass is 9.98. The third-order valence-corrected chi connectivity index (χ3v) is 2.53. The number of nitriles is 1. The van der Waals surface area contributed by atoms with Crippen molar-refractivity contribution in [2.75, 3.05) is 6.61 Å². The van der Waals surface area contributed by atoms with E-state index in [1.807, 2.05) is 6.92 Å². The third kappa shape index (κ3) is 2.34. The molecular formula is C12H12ClNO2. The molecule has 84 valence electrons. The average molecular weight is 238 g/mol. The summed E-state index contributed by atoms with van der Waals surface area (Å²) in [5, 5.41) is 9.01. The minimum atomic E-state index is -0.436. The molecule has 0 fully saturated rings. The van der Waals surface area contributed by atoms with Crippen molar-refractivity contribution >= 4 is 17.6 Å². The van der Waals surface area contributed by atoms with Gasteiger partial charge >= 0.3 is 5.97 Å². The van der Waals surface area contributed by atoms with Gasteiger partial charge in [-0.2, -0.15) is 5.26 Å². The summed E-state index contributed by atoms with van der Waals surface area (Å²) in [5.41, 5.74) is 2.19. The van der Waals surface area contributed by atoms with Gasteiger partial charge in [0.2, 0.25) is 0 Å². The van der Waals surface area contributed by atoms with Gasteiger partial charge in [0.1, 0.15) is 0 Å². The number of carbonyl (C=O) groups is 1. The molecule has 0 saturated carbocycles. The molecule has 0 aliphatic heterocycles. The molecule has 1 rings (SSSR count). The van der Waals surface area contributed by atoms with Crippen LogP contribution in [0.25, 0.3) is 0 Å². The van der Waals surface area contributed by atoms with E-state index in [-0.39, 0.29) is 5.88 Å². The number of halogens is 1. The van der Waals surface area contributed by atoms with E-state index in [2.05, 4.69) is 6.07 Å². The van der Waals surface area contributed by atoms with Gasteiger partial charge in [0.05, 0.1) is 23.8 Å². The Morgan fingerprint density at radius 3 is 2.75 bits per heavy atom. The molecule has 0 aromatic heterocycles. The van der Waals surface area contributed by atoms with Gasteiger partial charge in [-0.25, -0.2) is 4.79 Å². The van der Waals surface area contributed by atoms with Gasteiger partial charge in [-0.1, -0.05) is 6.07 Å². The smallest absolute Gasteiger partial charge is 0.338 e. The number of hydrogen-bond acceptors (Lipinski definition) is 3. The van der Waals surface area contributed by atoms with E-state index in [0.717, 1.165) is 5.56 Å². The average Bonchev–Trinajstić information content (AvgIpc) is 2.28. The Balaban J connectivity index is 3.31. The van der Waals surface area contributed by atoms with Crippen LogP contribution in [0, 0.1) is 18.3 Å². The van der Waals surface area contributed by atoms with Crippen LogP contribution in [0.3, 0.4) is 0 Å². The molecule has 1 aromatic carbocycles. The summed E-state index contributed by atoms with van der Waals surface area (Å²) in [6.45, 7) is 3.84. The predicted molar refractivity (Wildman–Crippen MR) is 61.4 cm³/mol. The maximum atomic E-state index is 11.6. The number of esters is 1.